The summed E-state index contributed by atoms with van der Waals surface area (Å²) in [5.74, 6) is 2.12. The second-order valence-electron chi connectivity index (χ2n) is 7.04. The monoisotopic (exact) mass is 354 g/mol. The van der Waals surface area contributed by atoms with E-state index in [1.807, 2.05) is 12.1 Å². The van der Waals surface area contributed by atoms with Crippen LogP contribution >= 0.6 is 0 Å². The Kier molecular flexibility index (Phi) is 7.86. The highest BCUT2D eigenvalue weighted by atomic mass is 19.4. The van der Waals surface area contributed by atoms with Crippen LogP contribution in [-0.2, 0) is 0 Å². The summed E-state index contributed by atoms with van der Waals surface area (Å²) >= 11 is 0. The lowest BCUT2D eigenvalue weighted by Gasteiger charge is -2.29. The molecule has 0 unspecified atom stereocenters. The van der Waals surface area contributed by atoms with Gasteiger partial charge in [0.15, 0.2) is 0 Å². The number of benzene rings is 1. The summed E-state index contributed by atoms with van der Waals surface area (Å²) in [5, 5.41) is 0. The Labute approximate surface area is 149 Å². The molecule has 0 heterocycles. The number of hydrogen-bond acceptors (Lipinski definition) is 1. The van der Waals surface area contributed by atoms with Crippen molar-refractivity contribution < 1.29 is 17.9 Å². The number of hydrogen-bond donors (Lipinski definition) is 0. The number of unbranched alkanes of at least 4 members (excludes halogenated alkanes) is 2. The quantitative estimate of drug-likeness (QED) is 0.359. The number of allylic oxidation sites excluding steroid dienone is 1. The summed E-state index contributed by atoms with van der Waals surface area (Å²) in [4.78, 5) is 0. The molecule has 0 aliphatic heterocycles. The zero-order valence-corrected chi connectivity index (χ0v) is 15.0. The molecule has 0 aromatic heterocycles. The van der Waals surface area contributed by atoms with Crippen molar-refractivity contribution in [2.45, 2.75) is 70.4 Å². The molecule has 0 atom stereocenters. The molecule has 0 radical (unpaired) electrons. The minimum absolute atomic E-state index is 0.0677. The van der Waals surface area contributed by atoms with E-state index in [-0.39, 0.29) is 12.7 Å². The van der Waals surface area contributed by atoms with E-state index in [9.17, 15) is 13.2 Å². The molecule has 0 bridgehead atoms. The van der Waals surface area contributed by atoms with Crippen molar-refractivity contribution in [1.82, 2.24) is 0 Å². The Hall–Kier alpha value is -1.45. The van der Waals surface area contributed by atoms with Gasteiger partial charge in [-0.25, -0.2) is 0 Å². The van der Waals surface area contributed by atoms with Crippen molar-refractivity contribution in [3.8, 4) is 5.75 Å². The van der Waals surface area contributed by atoms with Crippen molar-refractivity contribution in [2.24, 2.45) is 5.92 Å². The van der Waals surface area contributed by atoms with Crippen LogP contribution in [0.1, 0.15) is 69.8 Å². The van der Waals surface area contributed by atoms with E-state index in [4.69, 9.17) is 4.74 Å². The van der Waals surface area contributed by atoms with Crippen LogP contribution in [0.2, 0.25) is 0 Å². The van der Waals surface area contributed by atoms with Crippen LogP contribution in [0, 0.1) is 5.92 Å². The van der Waals surface area contributed by atoms with Gasteiger partial charge in [0.25, 0.3) is 0 Å². The lowest BCUT2D eigenvalue weighted by atomic mass is 9.77. The average Bonchev–Trinajstić information content (AvgIpc) is 2.59. The van der Waals surface area contributed by atoms with E-state index in [0.29, 0.717) is 11.7 Å². The first-order chi connectivity index (χ1) is 12.0. The van der Waals surface area contributed by atoms with E-state index in [1.54, 1.807) is 0 Å². The molecule has 0 saturated heterocycles. The minimum atomic E-state index is -4.28. The fraction of sp³-hybridized carbons (Fsp3) is 0.619. The molecule has 1 aromatic carbocycles. The van der Waals surface area contributed by atoms with Gasteiger partial charge in [-0.05, 0) is 61.3 Å². The van der Waals surface area contributed by atoms with Crippen LogP contribution in [0.25, 0.3) is 0 Å². The predicted octanol–water partition coefficient (Wildman–Crippen LogP) is 7.04. The maximum absolute atomic E-state index is 12.0. The summed E-state index contributed by atoms with van der Waals surface area (Å²) in [6.07, 6.45) is 7.41. The zero-order chi connectivity index (χ0) is 18.1. The smallest absolute Gasteiger partial charge is 0.409 e. The van der Waals surface area contributed by atoms with E-state index < -0.39 is 6.18 Å². The lowest BCUT2D eigenvalue weighted by molar-refractivity contribution is -0.0801. The van der Waals surface area contributed by atoms with Crippen LogP contribution in [0.3, 0.4) is 0 Å². The Bertz CT molecular complexity index is 511. The molecule has 1 aliphatic carbocycles. The fourth-order valence-electron chi connectivity index (χ4n) is 3.63. The molecule has 4 heteroatoms. The minimum Gasteiger partial charge on any atom is -0.490 e. The summed E-state index contributed by atoms with van der Waals surface area (Å²) < 4.78 is 41.4. The molecular weight excluding hydrogens is 325 g/mol. The van der Waals surface area contributed by atoms with Gasteiger partial charge in [0.2, 0.25) is 0 Å². The topological polar surface area (TPSA) is 9.23 Å². The molecule has 1 fully saturated rings. The van der Waals surface area contributed by atoms with Crippen LogP contribution < -0.4 is 4.74 Å². The van der Waals surface area contributed by atoms with Crippen molar-refractivity contribution in [3.05, 3.63) is 42.0 Å². The van der Waals surface area contributed by atoms with Crippen LogP contribution in [0.4, 0.5) is 13.2 Å². The summed E-state index contributed by atoms with van der Waals surface area (Å²) in [7, 11) is 0. The highest BCUT2D eigenvalue weighted by Crippen LogP contribution is 2.38. The molecule has 1 nitrogen and oxygen atoms in total. The molecule has 140 valence electrons. The largest absolute Gasteiger partial charge is 0.490 e. The van der Waals surface area contributed by atoms with E-state index >= 15 is 0 Å². The molecule has 1 saturated carbocycles. The van der Waals surface area contributed by atoms with E-state index in [2.05, 4.69) is 19.1 Å². The van der Waals surface area contributed by atoms with Gasteiger partial charge < -0.3 is 4.74 Å². The number of alkyl halides is 3. The Morgan fingerprint density at radius 2 is 1.72 bits per heavy atom. The predicted molar refractivity (Wildman–Crippen MR) is 96.0 cm³/mol. The van der Waals surface area contributed by atoms with Gasteiger partial charge in [-0.3, -0.25) is 0 Å². The summed E-state index contributed by atoms with van der Waals surface area (Å²) in [5.41, 5.74) is 1.32. The molecule has 0 spiro atoms. The van der Waals surface area contributed by atoms with Gasteiger partial charge in [0.1, 0.15) is 12.4 Å². The molecule has 0 N–H and O–H groups in total. The van der Waals surface area contributed by atoms with Gasteiger partial charge in [0, 0.05) is 6.08 Å². The van der Waals surface area contributed by atoms with Crippen molar-refractivity contribution >= 4 is 0 Å². The van der Waals surface area contributed by atoms with Gasteiger partial charge in [0.05, 0.1) is 0 Å². The summed E-state index contributed by atoms with van der Waals surface area (Å²) in [6.45, 7) is 2.18. The molecule has 1 aromatic rings. The highest BCUT2D eigenvalue weighted by molar-refractivity contribution is 5.29. The maximum Gasteiger partial charge on any atom is 0.409 e. The maximum atomic E-state index is 12.0. The third-order valence-electron chi connectivity index (χ3n) is 5.07. The van der Waals surface area contributed by atoms with Crippen LogP contribution in [-0.4, -0.2) is 12.8 Å². The van der Waals surface area contributed by atoms with E-state index in [1.165, 1.54) is 56.9 Å². The molecule has 0 amide bonds. The molecule has 1 aliphatic rings. The fourth-order valence-corrected chi connectivity index (χ4v) is 3.63. The zero-order valence-electron chi connectivity index (χ0n) is 15.0. The van der Waals surface area contributed by atoms with Gasteiger partial charge in [-0.1, -0.05) is 44.7 Å². The van der Waals surface area contributed by atoms with Gasteiger partial charge in [-0.15, -0.1) is 0 Å². The molecule has 2 rings (SSSR count). The van der Waals surface area contributed by atoms with E-state index in [0.717, 1.165) is 12.0 Å². The third-order valence-corrected chi connectivity index (χ3v) is 5.07. The standard InChI is InChI=1S/C21H29F3O/c1-2-3-4-6-17-7-9-18(10-8-17)19-11-13-20(14-12-19)25-16-5-15-21(22,23)24/h5,11-15,17-18H,2-4,6-10,16H2,1H3/b15-5+/t17-,18-. The second kappa shape index (κ2) is 9.88. The van der Waals surface area contributed by atoms with Crippen LogP contribution in [0.5, 0.6) is 5.75 Å². The van der Waals surface area contributed by atoms with Crippen LogP contribution in [0.15, 0.2) is 36.4 Å². The van der Waals surface area contributed by atoms with Gasteiger partial charge >= 0.3 is 6.18 Å². The summed E-state index contributed by atoms with van der Waals surface area (Å²) in [6, 6.07) is 7.85. The first-order valence-electron chi connectivity index (χ1n) is 9.45. The SMILES string of the molecule is CCCCC[C@H]1CC[C@H](c2ccc(OC/C=C/C(F)(F)F)cc2)CC1. The second-order valence-corrected chi connectivity index (χ2v) is 7.04. The number of ether oxygens (including phenoxy) is 1. The number of halogens is 3. The Balaban J connectivity index is 1.74. The molecular formula is C21H29F3O. The highest BCUT2D eigenvalue weighted by Gasteiger charge is 2.22. The first-order valence-corrected chi connectivity index (χ1v) is 9.45. The van der Waals surface area contributed by atoms with Crippen molar-refractivity contribution in [1.29, 1.82) is 0 Å². The molecule has 25 heavy (non-hydrogen) atoms. The Morgan fingerprint density at radius 1 is 1.04 bits per heavy atom. The van der Waals surface area contributed by atoms with Crippen molar-refractivity contribution in [3.63, 3.8) is 0 Å². The average molecular weight is 354 g/mol. The Morgan fingerprint density at radius 3 is 2.32 bits per heavy atom. The lowest BCUT2D eigenvalue weighted by Crippen LogP contribution is -2.13. The normalized spacial score (nSPS) is 21.6. The van der Waals surface area contributed by atoms with Crippen molar-refractivity contribution in [2.75, 3.05) is 6.61 Å². The van der Waals surface area contributed by atoms with Gasteiger partial charge in [-0.2, -0.15) is 13.2 Å². The first kappa shape index (κ1) is 19.9. The number of rotatable bonds is 8. The third kappa shape index (κ3) is 7.54.